The third-order valence-electron chi connectivity index (χ3n) is 2.23. The minimum absolute atomic E-state index is 0.254. The highest BCUT2D eigenvalue weighted by atomic mass is 79.9. The van der Waals surface area contributed by atoms with Crippen molar-refractivity contribution < 1.29 is 5.11 Å². The lowest BCUT2D eigenvalue weighted by atomic mass is 10.2. The summed E-state index contributed by atoms with van der Waals surface area (Å²) in [4.78, 5) is 4.35. The van der Waals surface area contributed by atoms with Crippen LogP contribution in [0.15, 0.2) is 22.9 Å². The molecule has 0 aliphatic heterocycles. The van der Waals surface area contributed by atoms with Crippen LogP contribution in [0.25, 0.3) is 11.0 Å². The monoisotopic (exact) mass is 268 g/mol. The van der Waals surface area contributed by atoms with Crippen LogP contribution in [0.1, 0.15) is 13.8 Å². The molecular weight excluding hydrogens is 256 g/mol. The summed E-state index contributed by atoms with van der Waals surface area (Å²) in [5.41, 5.74) is 1.87. The second-order valence-corrected chi connectivity index (χ2v) is 4.77. The van der Waals surface area contributed by atoms with Crippen LogP contribution in [0.3, 0.4) is 0 Å². The molecule has 2 aromatic rings. The van der Waals surface area contributed by atoms with Crippen LogP contribution in [0, 0.1) is 5.92 Å². The van der Waals surface area contributed by atoms with Gasteiger partial charge in [0, 0.05) is 12.6 Å². The molecule has 0 aliphatic carbocycles. The number of nitrogens with zero attached hydrogens (tertiary/aromatic N) is 2. The number of phenols is 1. The topological polar surface area (TPSA) is 38.0 Å². The standard InChI is InChI=1S/C11H13BrN2O/c1-7(2)6-14-10-4-3-8(15)5-9(10)13-11(14)12/h3-5,7,15H,6H2,1-2H3. The molecule has 4 heteroatoms. The predicted octanol–water partition coefficient (Wildman–Crippen LogP) is 3.16. The molecule has 80 valence electrons. The number of hydrogen-bond donors (Lipinski definition) is 1. The first-order valence-electron chi connectivity index (χ1n) is 4.92. The van der Waals surface area contributed by atoms with Gasteiger partial charge >= 0.3 is 0 Å². The van der Waals surface area contributed by atoms with Crippen LogP contribution in [-0.4, -0.2) is 14.7 Å². The number of aromatic hydroxyl groups is 1. The first kappa shape index (κ1) is 10.5. The zero-order valence-electron chi connectivity index (χ0n) is 8.74. The Kier molecular flexibility index (Phi) is 2.69. The summed E-state index contributed by atoms with van der Waals surface area (Å²) < 4.78 is 2.93. The summed E-state index contributed by atoms with van der Waals surface area (Å²) >= 11 is 3.43. The molecule has 1 aromatic carbocycles. The van der Waals surface area contributed by atoms with Crippen LogP contribution in [0.5, 0.6) is 5.75 Å². The maximum Gasteiger partial charge on any atom is 0.178 e. The fourth-order valence-electron chi connectivity index (χ4n) is 1.63. The Hall–Kier alpha value is -1.03. The van der Waals surface area contributed by atoms with E-state index >= 15 is 0 Å². The SMILES string of the molecule is CC(C)Cn1c(Br)nc2cc(O)ccc21. The van der Waals surface area contributed by atoms with Gasteiger partial charge in [-0.15, -0.1) is 0 Å². The van der Waals surface area contributed by atoms with E-state index in [1.807, 2.05) is 6.07 Å². The lowest BCUT2D eigenvalue weighted by Crippen LogP contribution is -2.04. The van der Waals surface area contributed by atoms with Gasteiger partial charge in [0.1, 0.15) is 5.75 Å². The second kappa shape index (κ2) is 3.85. The highest BCUT2D eigenvalue weighted by molar-refractivity contribution is 9.10. The Balaban J connectivity index is 2.58. The van der Waals surface area contributed by atoms with E-state index in [0.717, 1.165) is 22.3 Å². The molecule has 0 amide bonds. The van der Waals surface area contributed by atoms with Crippen molar-refractivity contribution in [2.75, 3.05) is 0 Å². The van der Waals surface area contributed by atoms with Gasteiger partial charge in [-0.2, -0.15) is 0 Å². The van der Waals surface area contributed by atoms with Gasteiger partial charge in [0.05, 0.1) is 11.0 Å². The van der Waals surface area contributed by atoms with Gasteiger partial charge in [0.25, 0.3) is 0 Å². The molecule has 0 unspecified atom stereocenters. The zero-order valence-corrected chi connectivity index (χ0v) is 10.3. The van der Waals surface area contributed by atoms with E-state index in [2.05, 4.69) is 39.3 Å². The molecule has 0 aliphatic rings. The average molecular weight is 269 g/mol. The van der Waals surface area contributed by atoms with Crippen molar-refractivity contribution in [3.63, 3.8) is 0 Å². The van der Waals surface area contributed by atoms with Crippen molar-refractivity contribution in [2.45, 2.75) is 20.4 Å². The molecule has 3 nitrogen and oxygen atoms in total. The third kappa shape index (κ3) is 2.00. The van der Waals surface area contributed by atoms with E-state index in [4.69, 9.17) is 0 Å². The van der Waals surface area contributed by atoms with Crippen molar-refractivity contribution in [2.24, 2.45) is 5.92 Å². The van der Waals surface area contributed by atoms with Gasteiger partial charge in [-0.05, 0) is 34.0 Å². The molecule has 0 saturated heterocycles. The van der Waals surface area contributed by atoms with Crippen molar-refractivity contribution in [1.29, 1.82) is 0 Å². The molecule has 15 heavy (non-hydrogen) atoms. The van der Waals surface area contributed by atoms with Crippen LogP contribution in [0.2, 0.25) is 0 Å². The van der Waals surface area contributed by atoms with Crippen LogP contribution in [-0.2, 0) is 6.54 Å². The van der Waals surface area contributed by atoms with Gasteiger partial charge in [0.2, 0.25) is 0 Å². The molecule has 1 heterocycles. The van der Waals surface area contributed by atoms with E-state index < -0.39 is 0 Å². The summed E-state index contributed by atoms with van der Waals surface area (Å²) in [6, 6.07) is 5.26. The molecule has 0 saturated carbocycles. The minimum Gasteiger partial charge on any atom is -0.508 e. The smallest absolute Gasteiger partial charge is 0.178 e. The Labute approximate surface area is 96.9 Å². The first-order valence-corrected chi connectivity index (χ1v) is 5.72. The van der Waals surface area contributed by atoms with Crippen molar-refractivity contribution in [3.8, 4) is 5.75 Å². The number of fused-ring (bicyclic) bond motifs is 1. The van der Waals surface area contributed by atoms with Gasteiger partial charge in [-0.25, -0.2) is 4.98 Å². The maximum atomic E-state index is 9.35. The number of aromatic nitrogens is 2. The number of hydrogen-bond acceptors (Lipinski definition) is 2. The van der Waals surface area contributed by atoms with Crippen LogP contribution in [0.4, 0.5) is 0 Å². The second-order valence-electron chi connectivity index (χ2n) is 4.06. The summed E-state index contributed by atoms with van der Waals surface area (Å²) in [6.07, 6.45) is 0. The molecule has 0 fully saturated rings. The Morgan fingerprint density at radius 1 is 1.47 bits per heavy atom. The van der Waals surface area contributed by atoms with Crippen molar-refractivity contribution in [3.05, 3.63) is 22.9 Å². The lowest BCUT2D eigenvalue weighted by Gasteiger charge is -2.08. The number of rotatable bonds is 2. The van der Waals surface area contributed by atoms with Gasteiger partial charge < -0.3 is 9.67 Å². The lowest BCUT2D eigenvalue weighted by molar-refractivity contribution is 0.476. The largest absolute Gasteiger partial charge is 0.508 e. The third-order valence-corrected chi connectivity index (χ3v) is 2.84. The van der Waals surface area contributed by atoms with Crippen LogP contribution < -0.4 is 0 Å². The fourth-order valence-corrected chi connectivity index (χ4v) is 2.15. The molecule has 0 radical (unpaired) electrons. The van der Waals surface area contributed by atoms with Crippen LogP contribution >= 0.6 is 15.9 Å². The highest BCUT2D eigenvalue weighted by Gasteiger charge is 2.09. The molecule has 0 bridgehead atoms. The van der Waals surface area contributed by atoms with E-state index in [9.17, 15) is 5.11 Å². The minimum atomic E-state index is 0.254. The maximum absolute atomic E-state index is 9.35. The first-order chi connectivity index (χ1) is 7.08. The fraction of sp³-hybridized carbons (Fsp3) is 0.364. The summed E-state index contributed by atoms with van der Waals surface area (Å²) in [7, 11) is 0. The van der Waals surface area contributed by atoms with E-state index in [0.29, 0.717) is 5.92 Å². The summed E-state index contributed by atoms with van der Waals surface area (Å²) in [5, 5.41) is 9.35. The van der Waals surface area contributed by atoms with E-state index in [1.54, 1.807) is 12.1 Å². The molecule has 1 aromatic heterocycles. The Bertz CT molecular complexity index is 491. The van der Waals surface area contributed by atoms with E-state index in [1.165, 1.54) is 0 Å². The van der Waals surface area contributed by atoms with Gasteiger partial charge in [-0.1, -0.05) is 13.8 Å². The zero-order chi connectivity index (χ0) is 11.0. The molecule has 0 spiro atoms. The predicted molar refractivity (Wildman–Crippen MR) is 63.9 cm³/mol. The number of phenolic OH excluding ortho intramolecular Hbond substituents is 1. The number of imidazole rings is 1. The quantitative estimate of drug-likeness (QED) is 0.909. The molecule has 0 atom stereocenters. The average Bonchev–Trinajstić information content (AvgIpc) is 2.41. The van der Waals surface area contributed by atoms with Crippen molar-refractivity contribution in [1.82, 2.24) is 9.55 Å². The van der Waals surface area contributed by atoms with Gasteiger partial charge in [0.15, 0.2) is 4.73 Å². The molecular formula is C11H13BrN2O. The number of halogens is 1. The Morgan fingerprint density at radius 2 is 2.20 bits per heavy atom. The van der Waals surface area contributed by atoms with Gasteiger partial charge in [-0.3, -0.25) is 0 Å². The normalized spacial score (nSPS) is 11.5. The molecule has 1 N–H and O–H groups in total. The Morgan fingerprint density at radius 3 is 2.87 bits per heavy atom. The number of benzene rings is 1. The summed E-state index contributed by atoms with van der Waals surface area (Å²) in [5.74, 6) is 0.816. The van der Waals surface area contributed by atoms with E-state index in [-0.39, 0.29) is 5.75 Å². The van der Waals surface area contributed by atoms with Crippen molar-refractivity contribution >= 4 is 27.0 Å². The molecule has 2 rings (SSSR count). The summed E-state index contributed by atoms with van der Waals surface area (Å²) in [6.45, 7) is 5.25. The highest BCUT2D eigenvalue weighted by Crippen LogP contribution is 2.24.